The van der Waals surface area contributed by atoms with Crippen LogP contribution in [0.15, 0.2) is 109 Å². The van der Waals surface area contributed by atoms with Gasteiger partial charge in [-0.3, -0.25) is 4.79 Å². The van der Waals surface area contributed by atoms with Crippen molar-refractivity contribution in [1.82, 2.24) is 5.32 Å². The molecule has 2 aliphatic heterocycles. The predicted molar refractivity (Wildman–Crippen MR) is 290 cm³/mol. The average molecular weight is 1030 g/mol. The maximum atomic E-state index is 13.2. The Balaban J connectivity index is 1.67. The first-order chi connectivity index (χ1) is 35.6. The molecule has 2 saturated heterocycles. The molecule has 416 valence electrons. The molecule has 73 heavy (non-hydrogen) atoms. The summed E-state index contributed by atoms with van der Waals surface area (Å²) in [5.41, 5.74) is 0. The van der Waals surface area contributed by atoms with E-state index in [1.807, 2.05) is 6.08 Å². The summed E-state index contributed by atoms with van der Waals surface area (Å²) in [7, 11) is 0. The summed E-state index contributed by atoms with van der Waals surface area (Å²) in [5, 5.41) is 86.5. The monoisotopic (exact) mass is 1030 g/mol. The molecule has 2 aliphatic rings. The number of unbranched alkanes of at least 4 members (excludes halogenated alkanes) is 12. The van der Waals surface area contributed by atoms with Crippen LogP contribution in [0, 0.1) is 0 Å². The maximum absolute atomic E-state index is 13.2. The van der Waals surface area contributed by atoms with E-state index in [0.717, 1.165) is 96.3 Å². The Hall–Kier alpha value is -3.35. The highest BCUT2D eigenvalue weighted by atomic mass is 16.7. The number of hydrogen-bond donors (Lipinski definition) is 9. The van der Waals surface area contributed by atoms with E-state index in [1.165, 1.54) is 32.1 Å². The molecular formula is C59H97NO13. The molecule has 0 aromatic carbocycles. The second-order valence-electron chi connectivity index (χ2n) is 19.0. The second-order valence-corrected chi connectivity index (χ2v) is 19.0. The zero-order chi connectivity index (χ0) is 53.2. The summed E-state index contributed by atoms with van der Waals surface area (Å²) in [6.07, 6.45) is 44.5. The summed E-state index contributed by atoms with van der Waals surface area (Å²) >= 11 is 0. The predicted octanol–water partition coefficient (Wildman–Crippen LogP) is 8.49. The summed E-state index contributed by atoms with van der Waals surface area (Å²) in [6.45, 7) is 2.54. The van der Waals surface area contributed by atoms with Crippen molar-refractivity contribution in [3.8, 4) is 0 Å². The minimum Gasteiger partial charge on any atom is -0.394 e. The average Bonchev–Trinajstić information content (AvgIpc) is 3.39. The first-order valence-corrected chi connectivity index (χ1v) is 27.6. The van der Waals surface area contributed by atoms with E-state index in [0.29, 0.717) is 12.8 Å². The summed E-state index contributed by atoms with van der Waals surface area (Å²) in [6, 6.07) is -0.939. The van der Waals surface area contributed by atoms with Crippen molar-refractivity contribution < 1.29 is 64.6 Å². The van der Waals surface area contributed by atoms with E-state index in [9.17, 15) is 45.6 Å². The van der Waals surface area contributed by atoms with Crippen molar-refractivity contribution in [1.29, 1.82) is 0 Å². The van der Waals surface area contributed by atoms with Gasteiger partial charge >= 0.3 is 0 Å². The molecule has 1 amide bonds. The number of nitrogens with one attached hydrogen (secondary N) is 1. The number of carbonyl (C=O) groups is 1. The van der Waals surface area contributed by atoms with E-state index in [2.05, 4.69) is 116 Å². The van der Waals surface area contributed by atoms with Crippen molar-refractivity contribution in [3.05, 3.63) is 109 Å². The largest absolute Gasteiger partial charge is 0.394 e. The molecule has 0 bridgehead atoms. The molecule has 0 spiro atoms. The van der Waals surface area contributed by atoms with Gasteiger partial charge in [0.05, 0.1) is 32.0 Å². The third kappa shape index (κ3) is 30.1. The van der Waals surface area contributed by atoms with Crippen LogP contribution in [0.4, 0.5) is 0 Å². The Labute approximate surface area is 438 Å². The SMILES string of the molecule is CC/C=C\C/C=C\C/C=C\C/C=C\C/C=C\C/C=C\C/C=C\CCCCCCCCCCCC(=O)NC(COC1OC(CO)C(OC2OC(CO)C(O)C(O)C2O)C(O)C1O)C(O)/C=C/CC/C=C/CCCC. The number of hydrogen-bond acceptors (Lipinski definition) is 13. The number of carbonyl (C=O) groups excluding carboxylic acids is 1. The van der Waals surface area contributed by atoms with E-state index < -0.39 is 86.8 Å². The van der Waals surface area contributed by atoms with Gasteiger partial charge in [-0.25, -0.2) is 0 Å². The first kappa shape index (κ1) is 65.8. The highest BCUT2D eigenvalue weighted by Crippen LogP contribution is 2.30. The molecule has 2 heterocycles. The Morgan fingerprint density at radius 1 is 0.507 bits per heavy atom. The lowest BCUT2D eigenvalue weighted by molar-refractivity contribution is -0.359. The second kappa shape index (κ2) is 43.8. The van der Waals surface area contributed by atoms with Crippen LogP contribution in [-0.4, -0.2) is 140 Å². The van der Waals surface area contributed by atoms with E-state index in [4.69, 9.17) is 18.9 Å². The normalized spacial score (nSPS) is 26.3. The molecule has 2 rings (SSSR count). The molecule has 14 nitrogen and oxygen atoms in total. The fourth-order valence-corrected chi connectivity index (χ4v) is 8.21. The smallest absolute Gasteiger partial charge is 0.220 e. The van der Waals surface area contributed by atoms with Gasteiger partial charge in [-0.05, 0) is 83.5 Å². The lowest BCUT2D eigenvalue weighted by atomic mass is 9.97. The number of amides is 1. The standard InChI is InChI=1S/C59H97NO13/c1-3-5-7-9-11-13-14-15-16-17-18-19-20-21-22-23-24-25-26-27-28-29-30-31-32-33-34-35-37-39-41-43-51(64)60-47(48(63)42-40-38-36-12-10-8-6-4-2)46-70-58-56(69)54(67)57(50(45-62)72-58)73-59-55(68)53(66)52(65)49(44-61)71-59/h5,7,10-13,15-16,18-19,21-22,24-25,27-28,40,42,47-50,52-59,61-63,65-69H,3-4,6,8-9,14,17,20,23,26,29-39,41,43-46H2,1-2H3,(H,60,64)/b7-5-,12-10+,13-11-,16-15-,19-18-,22-21-,25-24-,28-27-,42-40+. The van der Waals surface area contributed by atoms with Gasteiger partial charge in [-0.1, -0.05) is 181 Å². The van der Waals surface area contributed by atoms with Gasteiger partial charge in [0.25, 0.3) is 0 Å². The summed E-state index contributed by atoms with van der Waals surface area (Å²) in [5.74, 6) is -0.266. The van der Waals surface area contributed by atoms with Crippen molar-refractivity contribution in [2.24, 2.45) is 0 Å². The quantitative estimate of drug-likeness (QED) is 0.0207. The molecule has 0 radical (unpaired) electrons. The van der Waals surface area contributed by atoms with Gasteiger partial charge in [0.15, 0.2) is 12.6 Å². The lowest BCUT2D eigenvalue weighted by Gasteiger charge is -2.46. The van der Waals surface area contributed by atoms with E-state index in [1.54, 1.807) is 6.08 Å². The van der Waals surface area contributed by atoms with Crippen LogP contribution in [-0.2, 0) is 23.7 Å². The van der Waals surface area contributed by atoms with Crippen molar-refractivity contribution >= 4 is 5.91 Å². The first-order valence-electron chi connectivity index (χ1n) is 27.6. The fraction of sp³-hybridized carbons (Fsp3) is 0.678. The zero-order valence-electron chi connectivity index (χ0n) is 44.3. The number of aliphatic hydroxyl groups is 8. The lowest BCUT2D eigenvalue weighted by Crippen LogP contribution is -2.65. The molecule has 0 saturated carbocycles. The Morgan fingerprint density at radius 3 is 1.51 bits per heavy atom. The highest BCUT2D eigenvalue weighted by molar-refractivity contribution is 5.76. The summed E-state index contributed by atoms with van der Waals surface area (Å²) < 4.78 is 22.6. The zero-order valence-corrected chi connectivity index (χ0v) is 44.3. The van der Waals surface area contributed by atoms with E-state index in [-0.39, 0.29) is 18.9 Å². The Bertz CT molecular complexity index is 1640. The molecule has 14 heteroatoms. The van der Waals surface area contributed by atoms with Gasteiger partial charge in [-0.15, -0.1) is 0 Å². The van der Waals surface area contributed by atoms with Gasteiger partial charge in [0.2, 0.25) is 5.91 Å². The molecule has 0 aliphatic carbocycles. The van der Waals surface area contributed by atoms with Crippen LogP contribution in [0.5, 0.6) is 0 Å². The fourth-order valence-electron chi connectivity index (χ4n) is 8.21. The molecule has 0 aromatic heterocycles. The third-order valence-corrected chi connectivity index (χ3v) is 12.7. The van der Waals surface area contributed by atoms with Crippen LogP contribution in [0.3, 0.4) is 0 Å². The molecule has 12 unspecified atom stereocenters. The van der Waals surface area contributed by atoms with Crippen LogP contribution >= 0.6 is 0 Å². The minimum absolute atomic E-state index is 0.258. The van der Waals surface area contributed by atoms with Crippen LogP contribution < -0.4 is 5.32 Å². The number of ether oxygens (including phenoxy) is 4. The molecule has 0 aromatic rings. The molecule has 9 N–H and O–H groups in total. The van der Waals surface area contributed by atoms with Crippen LogP contribution in [0.1, 0.15) is 162 Å². The highest BCUT2D eigenvalue weighted by Gasteiger charge is 2.51. The molecule has 12 atom stereocenters. The maximum Gasteiger partial charge on any atom is 0.220 e. The van der Waals surface area contributed by atoms with Gasteiger partial charge < -0.3 is 65.1 Å². The van der Waals surface area contributed by atoms with Crippen molar-refractivity contribution in [3.63, 3.8) is 0 Å². The van der Waals surface area contributed by atoms with Crippen molar-refractivity contribution in [2.75, 3.05) is 19.8 Å². The van der Waals surface area contributed by atoms with Crippen LogP contribution in [0.25, 0.3) is 0 Å². The van der Waals surface area contributed by atoms with Gasteiger partial charge in [0, 0.05) is 6.42 Å². The van der Waals surface area contributed by atoms with Gasteiger partial charge in [-0.2, -0.15) is 0 Å². The van der Waals surface area contributed by atoms with Gasteiger partial charge in [0.1, 0.15) is 48.8 Å². The number of rotatable bonds is 41. The number of aliphatic hydroxyl groups excluding tert-OH is 8. The molecular weight excluding hydrogens is 931 g/mol. The topological polar surface area (TPSA) is 228 Å². The Morgan fingerprint density at radius 2 is 0.959 bits per heavy atom. The third-order valence-electron chi connectivity index (χ3n) is 12.7. The van der Waals surface area contributed by atoms with Crippen LogP contribution in [0.2, 0.25) is 0 Å². The van der Waals surface area contributed by atoms with E-state index >= 15 is 0 Å². The minimum atomic E-state index is -1.79. The molecule has 2 fully saturated rings. The Kier molecular flexibility index (Phi) is 39.5. The van der Waals surface area contributed by atoms with Crippen molar-refractivity contribution in [2.45, 2.75) is 235 Å². The number of allylic oxidation sites excluding steroid dienone is 17. The summed E-state index contributed by atoms with van der Waals surface area (Å²) in [4.78, 5) is 13.2.